The van der Waals surface area contributed by atoms with Gasteiger partial charge < -0.3 is 10.2 Å². The second kappa shape index (κ2) is 7.33. The fourth-order valence-corrected chi connectivity index (χ4v) is 4.65. The van der Waals surface area contributed by atoms with Gasteiger partial charge in [0.25, 0.3) is 0 Å². The van der Waals surface area contributed by atoms with Crippen LogP contribution >= 0.6 is 11.9 Å². The van der Waals surface area contributed by atoms with Gasteiger partial charge in [0, 0.05) is 67.2 Å². The van der Waals surface area contributed by atoms with E-state index in [-0.39, 0.29) is 0 Å². The van der Waals surface area contributed by atoms with Crippen LogP contribution in [0.4, 0.5) is 5.69 Å². The number of aromatic nitrogens is 4. The number of piperazine rings is 1. The molecule has 0 atom stereocenters. The van der Waals surface area contributed by atoms with Crippen molar-refractivity contribution in [3.63, 3.8) is 0 Å². The zero-order chi connectivity index (χ0) is 18.9. The average molecular weight is 391 g/mol. The van der Waals surface area contributed by atoms with Crippen LogP contribution < -0.4 is 10.2 Å². The lowest BCUT2D eigenvalue weighted by Crippen LogP contribution is -2.43. The number of benzene rings is 1. The number of aryl methyl sites for hydroxylation is 1. The Bertz CT molecular complexity index is 1090. The normalized spacial score (nSPS) is 14.7. The SMILES string of the molecule is Cn1cc(-c2cc3c(N4CCNCC4)ccnc3n2Sc2ccccc2)cn1. The molecule has 1 fully saturated rings. The topological polar surface area (TPSA) is 50.9 Å². The molecule has 1 aliphatic heterocycles. The third-order valence-corrected chi connectivity index (χ3v) is 6.07. The maximum atomic E-state index is 4.76. The molecule has 142 valence electrons. The van der Waals surface area contributed by atoms with Crippen molar-refractivity contribution in [1.29, 1.82) is 0 Å². The van der Waals surface area contributed by atoms with Crippen molar-refractivity contribution in [3.05, 3.63) is 61.1 Å². The zero-order valence-corrected chi connectivity index (χ0v) is 16.6. The zero-order valence-electron chi connectivity index (χ0n) is 15.7. The Morgan fingerprint density at radius 1 is 1.07 bits per heavy atom. The second-order valence-corrected chi connectivity index (χ2v) is 7.95. The molecular weight excluding hydrogens is 368 g/mol. The molecule has 3 aromatic heterocycles. The number of fused-ring (bicyclic) bond motifs is 1. The Balaban J connectivity index is 1.68. The monoisotopic (exact) mass is 390 g/mol. The molecule has 7 heteroatoms. The predicted octanol–water partition coefficient (Wildman–Crippen LogP) is 3.40. The summed E-state index contributed by atoms with van der Waals surface area (Å²) in [7, 11) is 1.95. The Hall–Kier alpha value is -2.77. The van der Waals surface area contributed by atoms with Crippen LogP contribution in [0.3, 0.4) is 0 Å². The molecule has 0 spiro atoms. The molecule has 4 heterocycles. The van der Waals surface area contributed by atoms with Crippen LogP contribution in [-0.4, -0.2) is 44.9 Å². The van der Waals surface area contributed by atoms with Gasteiger partial charge in [0.05, 0.1) is 11.9 Å². The van der Waals surface area contributed by atoms with E-state index in [2.05, 4.69) is 61.9 Å². The highest BCUT2D eigenvalue weighted by molar-refractivity contribution is 7.98. The Kier molecular flexibility index (Phi) is 4.54. The van der Waals surface area contributed by atoms with Gasteiger partial charge in [-0.15, -0.1) is 0 Å². The van der Waals surface area contributed by atoms with Gasteiger partial charge in [-0.1, -0.05) is 18.2 Å². The fourth-order valence-electron chi connectivity index (χ4n) is 3.68. The largest absolute Gasteiger partial charge is 0.368 e. The molecule has 0 radical (unpaired) electrons. The Morgan fingerprint density at radius 2 is 1.89 bits per heavy atom. The number of nitrogens with zero attached hydrogens (tertiary/aromatic N) is 5. The number of hydrogen-bond acceptors (Lipinski definition) is 5. The van der Waals surface area contributed by atoms with Gasteiger partial charge in [-0.25, -0.2) is 4.98 Å². The summed E-state index contributed by atoms with van der Waals surface area (Å²) in [6.45, 7) is 4.05. The summed E-state index contributed by atoms with van der Waals surface area (Å²) in [5, 5.41) is 9.00. The van der Waals surface area contributed by atoms with Crippen molar-refractivity contribution in [2.75, 3.05) is 31.1 Å². The Morgan fingerprint density at radius 3 is 2.64 bits per heavy atom. The molecule has 0 aliphatic carbocycles. The summed E-state index contributed by atoms with van der Waals surface area (Å²) in [5.74, 6) is 0. The molecular formula is C21H22N6S. The molecule has 0 unspecified atom stereocenters. The molecule has 1 aromatic carbocycles. The first-order valence-corrected chi connectivity index (χ1v) is 10.3. The van der Waals surface area contributed by atoms with E-state index in [0.717, 1.165) is 43.1 Å². The van der Waals surface area contributed by atoms with Crippen molar-refractivity contribution in [2.24, 2.45) is 7.05 Å². The lowest BCUT2D eigenvalue weighted by molar-refractivity contribution is 0.590. The van der Waals surface area contributed by atoms with E-state index < -0.39 is 0 Å². The second-order valence-electron chi connectivity index (χ2n) is 6.94. The van der Waals surface area contributed by atoms with E-state index in [9.17, 15) is 0 Å². The highest BCUT2D eigenvalue weighted by Crippen LogP contribution is 2.37. The van der Waals surface area contributed by atoms with Crippen LogP contribution in [0.2, 0.25) is 0 Å². The van der Waals surface area contributed by atoms with Gasteiger partial charge in [-0.3, -0.25) is 8.65 Å². The number of nitrogens with one attached hydrogen (secondary N) is 1. The maximum Gasteiger partial charge on any atom is 0.152 e. The highest BCUT2D eigenvalue weighted by atomic mass is 32.2. The van der Waals surface area contributed by atoms with E-state index in [1.54, 1.807) is 11.9 Å². The summed E-state index contributed by atoms with van der Waals surface area (Å²) >= 11 is 1.70. The molecule has 5 rings (SSSR count). The van der Waals surface area contributed by atoms with Gasteiger partial charge in [-0.2, -0.15) is 5.10 Å². The first-order chi connectivity index (χ1) is 13.8. The first kappa shape index (κ1) is 17.3. The molecule has 28 heavy (non-hydrogen) atoms. The Labute approximate surface area is 168 Å². The van der Waals surface area contributed by atoms with Crippen molar-refractivity contribution >= 4 is 28.7 Å². The molecule has 0 amide bonds. The van der Waals surface area contributed by atoms with Crippen LogP contribution in [0.15, 0.2) is 66.0 Å². The minimum Gasteiger partial charge on any atom is -0.368 e. The quantitative estimate of drug-likeness (QED) is 0.579. The molecule has 1 aliphatic rings. The summed E-state index contributed by atoms with van der Waals surface area (Å²) in [6.07, 6.45) is 5.90. The van der Waals surface area contributed by atoms with E-state index in [0.29, 0.717) is 0 Å². The van der Waals surface area contributed by atoms with E-state index in [1.165, 1.54) is 16.0 Å². The molecule has 1 saturated heterocycles. The standard InChI is InChI=1S/C21H22N6S/c1-25-15-16(14-24-25)20-13-18-19(26-11-9-22-10-12-26)7-8-23-21(18)27(20)28-17-5-3-2-4-6-17/h2-8,13-15,22H,9-12H2,1H3. The van der Waals surface area contributed by atoms with Gasteiger partial charge >= 0.3 is 0 Å². The number of anilines is 1. The summed E-state index contributed by atoms with van der Waals surface area (Å²) in [5.41, 5.74) is 4.45. The molecule has 6 nitrogen and oxygen atoms in total. The minimum absolute atomic E-state index is 0.990. The molecule has 4 aromatic rings. The number of hydrogen-bond donors (Lipinski definition) is 1. The molecule has 1 N–H and O–H groups in total. The van der Waals surface area contributed by atoms with Crippen LogP contribution in [0.1, 0.15) is 0 Å². The molecule has 0 bridgehead atoms. The van der Waals surface area contributed by atoms with Gasteiger partial charge in [0.2, 0.25) is 0 Å². The summed E-state index contributed by atoms with van der Waals surface area (Å²) in [6, 6.07) is 14.8. The summed E-state index contributed by atoms with van der Waals surface area (Å²) in [4.78, 5) is 8.39. The minimum atomic E-state index is 0.990. The van der Waals surface area contributed by atoms with Crippen LogP contribution in [-0.2, 0) is 7.05 Å². The maximum absolute atomic E-state index is 4.76. The van der Waals surface area contributed by atoms with E-state index >= 15 is 0 Å². The van der Waals surface area contributed by atoms with Crippen molar-refractivity contribution in [1.82, 2.24) is 24.1 Å². The van der Waals surface area contributed by atoms with Crippen molar-refractivity contribution in [2.45, 2.75) is 4.90 Å². The van der Waals surface area contributed by atoms with Gasteiger partial charge in [0.15, 0.2) is 5.65 Å². The average Bonchev–Trinajstić information content (AvgIpc) is 3.33. The lowest BCUT2D eigenvalue weighted by atomic mass is 10.2. The fraction of sp³-hybridized carbons (Fsp3) is 0.238. The van der Waals surface area contributed by atoms with Gasteiger partial charge in [-0.05, 0) is 36.2 Å². The molecule has 0 saturated carbocycles. The smallest absolute Gasteiger partial charge is 0.152 e. The third-order valence-electron chi connectivity index (χ3n) is 5.04. The summed E-state index contributed by atoms with van der Waals surface area (Å²) < 4.78 is 4.07. The van der Waals surface area contributed by atoms with E-state index in [4.69, 9.17) is 4.98 Å². The first-order valence-electron chi connectivity index (χ1n) is 9.48. The van der Waals surface area contributed by atoms with E-state index in [1.807, 2.05) is 30.2 Å². The highest BCUT2D eigenvalue weighted by Gasteiger charge is 2.20. The number of pyridine rings is 1. The van der Waals surface area contributed by atoms with Gasteiger partial charge in [0.1, 0.15) is 0 Å². The van der Waals surface area contributed by atoms with Crippen molar-refractivity contribution in [3.8, 4) is 11.3 Å². The van der Waals surface area contributed by atoms with Crippen molar-refractivity contribution < 1.29 is 0 Å². The van der Waals surface area contributed by atoms with Crippen LogP contribution in [0, 0.1) is 0 Å². The predicted molar refractivity (Wildman–Crippen MR) is 115 cm³/mol. The van der Waals surface area contributed by atoms with Crippen LogP contribution in [0.25, 0.3) is 22.3 Å². The van der Waals surface area contributed by atoms with Crippen LogP contribution in [0.5, 0.6) is 0 Å². The lowest BCUT2D eigenvalue weighted by Gasteiger charge is -2.29. The number of rotatable bonds is 4. The third kappa shape index (κ3) is 3.16.